The molecule has 0 saturated heterocycles. The van der Waals surface area contributed by atoms with Crippen LogP contribution in [0.4, 0.5) is 14.4 Å². The Morgan fingerprint density at radius 3 is 1.44 bits per heavy atom. The van der Waals surface area contributed by atoms with E-state index >= 15 is 0 Å². The minimum atomic E-state index is -2.36. The summed E-state index contributed by atoms with van der Waals surface area (Å²) >= 11 is 0. The Bertz CT molecular complexity index is 745. The molecule has 0 unspecified atom stereocenters. The highest BCUT2D eigenvalue weighted by atomic mass is 16.8. The lowest BCUT2D eigenvalue weighted by Gasteiger charge is -2.30. The van der Waals surface area contributed by atoms with Gasteiger partial charge in [-0.2, -0.15) is 0 Å². The van der Waals surface area contributed by atoms with E-state index in [-0.39, 0.29) is 32.7 Å². The summed E-state index contributed by atoms with van der Waals surface area (Å²) in [5.74, 6) is -1.37. The predicted octanol–water partition coefficient (Wildman–Crippen LogP) is 1.40. The van der Waals surface area contributed by atoms with Crippen LogP contribution in [0.25, 0.3) is 0 Å². The third-order valence-electron chi connectivity index (χ3n) is 3.33. The molecular weight excluding hydrogens is 460 g/mol. The van der Waals surface area contributed by atoms with E-state index in [4.69, 9.17) is 18.9 Å². The van der Waals surface area contributed by atoms with Gasteiger partial charge in [-0.1, -0.05) is 50.6 Å². The second kappa shape index (κ2) is 17.4. The minimum absolute atomic E-state index is 0.0339. The van der Waals surface area contributed by atoms with Gasteiger partial charge < -0.3 is 38.3 Å². The second-order valence-corrected chi connectivity index (χ2v) is 5.80. The number of ether oxygens (including phenoxy) is 7. The van der Waals surface area contributed by atoms with Gasteiger partial charge in [0.25, 0.3) is 0 Å². The summed E-state index contributed by atoms with van der Waals surface area (Å²) in [5, 5.41) is 10.4. The molecule has 34 heavy (non-hydrogen) atoms. The van der Waals surface area contributed by atoms with Crippen LogP contribution in [-0.2, 0) is 42.7 Å². The van der Waals surface area contributed by atoms with Crippen molar-refractivity contribution in [2.75, 3.05) is 26.4 Å². The molecule has 0 heterocycles. The molecule has 0 fully saturated rings. The van der Waals surface area contributed by atoms with Crippen LogP contribution < -0.4 is 0 Å². The molecule has 0 bridgehead atoms. The molecule has 0 spiro atoms. The van der Waals surface area contributed by atoms with Gasteiger partial charge in [-0.05, 0) is 0 Å². The number of hydrogen-bond acceptors (Lipinski definition) is 13. The molecular formula is C21H26O13. The van der Waals surface area contributed by atoms with E-state index in [0.717, 1.165) is 0 Å². The van der Waals surface area contributed by atoms with E-state index in [1.165, 1.54) is 24.3 Å². The van der Waals surface area contributed by atoms with E-state index in [1.807, 2.05) is 0 Å². The number of carbonyl (C=O) groups excluding carboxylic acids is 5. The molecule has 13 heteroatoms. The number of hydrogen-bond donors (Lipinski definition) is 1. The SMILES string of the molecule is C=CCOC(=O)O[C@@H]([C@H](OC(=O)OCC=C)[C@H](O)C(=O)OCC=C)[C@H](C=O)OC(=O)OCC=C. The van der Waals surface area contributed by atoms with Crippen molar-refractivity contribution in [2.24, 2.45) is 0 Å². The van der Waals surface area contributed by atoms with Gasteiger partial charge >= 0.3 is 24.4 Å². The zero-order valence-corrected chi connectivity index (χ0v) is 18.2. The topological polar surface area (TPSA) is 170 Å². The highest BCUT2D eigenvalue weighted by Gasteiger charge is 2.46. The molecule has 1 N–H and O–H groups in total. The van der Waals surface area contributed by atoms with Gasteiger partial charge in [0.15, 0.2) is 24.6 Å². The molecule has 13 nitrogen and oxygen atoms in total. The summed E-state index contributed by atoms with van der Waals surface area (Å²) < 4.78 is 33.1. The van der Waals surface area contributed by atoms with Crippen LogP contribution in [-0.4, -0.2) is 86.7 Å². The molecule has 4 atom stereocenters. The molecule has 0 aromatic carbocycles. The van der Waals surface area contributed by atoms with E-state index < -0.39 is 48.9 Å². The smallest absolute Gasteiger partial charge is 0.459 e. The van der Waals surface area contributed by atoms with Crippen molar-refractivity contribution in [3.63, 3.8) is 0 Å². The van der Waals surface area contributed by atoms with E-state index in [9.17, 15) is 29.1 Å². The molecule has 188 valence electrons. The normalized spacial score (nSPS) is 13.3. The van der Waals surface area contributed by atoms with Crippen molar-refractivity contribution in [1.29, 1.82) is 0 Å². The Balaban J connectivity index is 6.13. The van der Waals surface area contributed by atoms with Crippen molar-refractivity contribution in [2.45, 2.75) is 24.4 Å². The van der Waals surface area contributed by atoms with Crippen molar-refractivity contribution < 1.29 is 62.2 Å². The Labute approximate surface area is 195 Å². The quantitative estimate of drug-likeness (QED) is 0.144. The standard InChI is InChI=1S/C21H26O13/c1-5-9-28-18(24)15(23)17(34-21(27)31-12-8-4)16(33-20(26)30-11-7-3)14(13-22)32-19(25)29-10-6-2/h5-8,13-17,23H,1-4,9-12H2/t14-,15-,16+,17+/m0/s1. The van der Waals surface area contributed by atoms with Crippen LogP contribution in [0, 0.1) is 0 Å². The van der Waals surface area contributed by atoms with Crippen LogP contribution in [0.1, 0.15) is 0 Å². The number of esters is 1. The number of aldehydes is 1. The number of carbonyl (C=O) groups is 5. The van der Waals surface area contributed by atoms with Gasteiger partial charge in [0, 0.05) is 0 Å². The van der Waals surface area contributed by atoms with Crippen LogP contribution in [0.3, 0.4) is 0 Å². The first kappa shape index (κ1) is 29.9. The van der Waals surface area contributed by atoms with Crippen LogP contribution in [0.5, 0.6) is 0 Å². The number of aliphatic hydroxyl groups excluding tert-OH is 1. The van der Waals surface area contributed by atoms with E-state index in [0.29, 0.717) is 0 Å². The fourth-order valence-corrected chi connectivity index (χ4v) is 1.98. The third kappa shape index (κ3) is 11.5. The number of rotatable bonds is 16. The van der Waals surface area contributed by atoms with Crippen molar-refractivity contribution >= 4 is 30.7 Å². The molecule has 0 aromatic rings. The van der Waals surface area contributed by atoms with Crippen molar-refractivity contribution in [1.82, 2.24) is 0 Å². The zero-order valence-electron chi connectivity index (χ0n) is 18.2. The molecule has 0 saturated carbocycles. The average Bonchev–Trinajstić information content (AvgIpc) is 2.83. The van der Waals surface area contributed by atoms with Gasteiger partial charge in [-0.15, -0.1) is 0 Å². The van der Waals surface area contributed by atoms with Gasteiger partial charge in [0.2, 0.25) is 6.10 Å². The number of aliphatic hydroxyl groups is 1. The second-order valence-electron chi connectivity index (χ2n) is 5.80. The summed E-state index contributed by atoms with van der Waals surface area (Å²) in [5.41, 5.74) is 0. The van der Waals surface area contributed by atoms with Gasteiger partial charge in [0.05, 0.1) is 0 Å². The lowest BCUT2D eigenvalue weighted by Crippen LogP contribution is -2.54. The van der Waals surface area contributed by atoms with Crippen LogP contribution >= 0.6 is 0 Å². The monoisotopic (exact) mass is 486 g/mol. The summed E-state index contributed by atoms with van der Waals surface area (Å²) in [6, 6.07) is 0. The van der Waals surface area contributed by atoms with Crippen molar-refractivity contribution in [3.05, 3.63) is 50.6 Å². The van der Waals surface area contributed by atoms with Crippen LogP contribution in [0.15, 0.2) is 50.6 Å². The average molecular weight is 486 g/mol. The van der Waals surface area contributed by atoms with E-state index in [1.54, 1.807) is 0 Å². The first-order valence-electron chi connectivity index (χ1n) is 9.49. The minimum Gasteiger partial charge on any atom is -0.459 e. The maximum atomic E-state index is 12.2. The molecule has 0 aliphatic rings. The van der Waals surface area contributed by atoms with Crippen molar-refractivity contribution in [3.8, 4) is 0 Å². The Morgan fingerprint density at radius 2 is 1.03 bits per heavy atom. The summed E-state index contributed by atoms with van der Waals surface area (Å²) in [6.45, 7) is 12.0. The first-order valence-corrected chi connectivity index (χ1v) is 9.49. The van der Waals surface area contributed by atoms with E-state index in [2.05, 4.69) is 40.5 Å². The van der Waals surface area contributed by atoms with Gasteiger partial charge in [0.1, 0.15) is 26.4 Å². The molecule has 0 rings (SSSR count). The first-order chi connectivity index (χ1) is 16.2. The third-order valence-corrected chi connectivity index (χ3v) is 3.33. The highest BCUT2D eigenvalue weighted by molar-refractivity contribution is 5.76. The van der Waals surface area contributed by atoms with Gasteiger partial charge in [-0.25, -0.2) is 19.2 Å². The summed E-state index contributed by atoms with van der Waals surface area (Å²) in [7, 11) is 0. The summed E-state index contributed by atoms with van der Waals surface area (Å²) in [4.78, 5) is 59.7. The van der Waals surface area contributed by atoms with Crippen LogP contribution in [0.2, 0.25) is 0 Å². The lowest BCUT2D eigenvalue weighted by atomic mass is 10.0. The maximum absolute atomic E-state index is 12.2. The molecule has 0 aliphatic carbocycles. The largest absolute Gasteiger partial charge is 0.509 e. The Morgan fingerprint density at radius 1 is 0.647 bits per heavy atom. The molecule has 0 amide bonds. The summed E-state index contributed by atoms with van der Waals surface area (Å²) in [6.07, 6.45) is -8.39. The lowest BCUT2D eigenvalue weighted by molar-refractivity contribution is -0.173. The molecule has 0 aromatic heterocycles. The highest BCUT2D eigenvalue weighted by Crippen LogP contribution is 2.19. The fourth-order valence-electron chi connectivity index (χ4n) is 1.98. The zero-order chi connectivity index (χ0) is 25.9. The Hall–Kier alpha value is -4.13. The molecule has 0 radical (unpaired) electrons. The van der Waals surface area contributed by atoms with Gasteiger partial charge in [-0.3, -0.25) is 4.79 Å². The fraction of sp³-hybridized carbons (Fsp3) is 0.381. The molecule has 0 aliphatic heterocycles. The maximum Gasteiger partial charge on any atom is 0.509 e. The predicted molar refractivity (Wildman–Crippen MR) is 112 cm³/mol. The Kier molecular flexibility index (Phi) is 15.3.